The van der Waals surface area contributed by atoms with Crippen LogP contribution in [0.4, 0.5) is 0 Å². The van der Waals surface area contributed by atoms with Crippen molar-refractivity contribution < 1.29 is 0 Å². The minimum atomic E-state index is 0.686. The van der Waals surface area contributed by atoms with Crippen molar-refractivity contribution in [2.45, 2.75) is 38.8 Å². The van der Waals surface area contributed by atoms with Crippen molar-refractivity contribution in [1.82, 2.24) is 19.6 Å². The fraction of sp³-hybridized carbons (Fsp3) is 0.643. The van der Waals surface area contributed by atoms with Crippen LogP contribution in [0.2, 0.25) is 0 Å². The van der Waals surface area contributed by atoms with Crippen LogP contribution in [0.1, 0.15) is 31.9 Å². The average molecular weight is 278 g/mol. The summed E-state index contributed by atoms with van der Waals surface area (Å²) in [6.45, 7) is 6.67. The maximum Gasteiger partial charge on any atom is 0.193 e. The fourth-order valence-corrected chi connectivity index (χ4v) is 3.56. The second-order valence-corrected chi connectivity index (χ2v) is 6.17. The Morgan fingerprint density at radius 2 is 2.47 bits per heavy atom. The van der Waals surface area contributed by atoms with E-state index in [0.717, 1.165) is 24.6 Å². The summed E-state index contributed by atoms with van der Waals surface area (Å²) in [4.78, 5) is 8.37. The highest BCUT2D eigenvalue weighted by molar-refractivity contribution is 7.15. The van der Waals surface area contributed by atoms with Crippen LogP contribution < -0.4 is 5.32 Å². The van der Waals surface area contributed by atoms with Gasteiger partial charge in [0.05, 0.1) is 5.69 Å². The van der Waals surface area contributed by atoms with Gasteiger partial charge in [0.15, 0.2) is 4.96 Å². The first-order valence-electron chi connectivity index (χ1n) is 7.22. The number of hydrogen-bond donors (Lipinski definition) is 1. The Bertz CT molecular complexity index is 490. The monoisotopic (exact) mass is 278 g/mol. The van der Waals surface area contributed by atoms with Crippen molar-refractivity contribution in [2.75, 3.05) is 19.6 Å². The Hall–Kier alpha value is -0.910. The van der Waals surface area contributed by atoms with Gasteiger partial charge in [-0.3, -0.25) is 9.30 Å². The molecule has 1 atom stereocenters. The third-order valence-corrected chi connectivity index (χ3v) is 4.58. The van der Waals surface area contributed by atoms with Crippen LogP contribution in [0.25, 0.3) is 4.96 Å². The number of hydrogen-bond acceptors (Lipinski definition) is 4. The van der Waals surface area contributed by atoms with Gasteiger partial charge < -0.3 is 5.32 Å². The molecule has 0 aliphatic carbocycles. The molecule has 0 radical (unpaired) electrons. The summed E-state index contributed by atoms with van der Waals surface area (Å²) < 4.78 is 2.13. The molecule has 0 aromatic carbocycles. The van der Waals surface area contributed by atoms with Crippen LogP contribution in [0.5, 0.6) is 0 Å². The SMILES string of the molecule is CCCNCC1CCCN1Cc1cn2ccsc2n1. The van der Waals surface area contributed by atoms with Gasteiger partial charge in [-0.05, 0) is 32.4 Å². The first-order valence-corrected chi connectivity index (χ1v) is 8.10. The molecule has 0 amide bonds. The zero-order chi connectivity index (χ0) is 13.1. The van der Waals surface area contributed by atoms with Crippen LogP contribution in [0.15, 0.2) is 17.8 Å². The molecule has 1 saturated heterocycles. The maximum absolute atomic E-state index is 4.69. The molecule has 104 valence electrons. The lowest BCUT2D eigenvalue weighted by atomic mass is 10.2. The van der Waals surface area contributed by atoms with Gasteiger partial charge in [0, 0.05) is 36.9 Å². The standard InChI is InChI=1S/C14H22N4S/c1-2-5-15-9-13-4-3-6-17(13)10-12-11-18-7-8-19-14(18)16-12/h7-8,11,13,15H,2-6,9-10H2,1H3. The van der Waals surface area contributed by atoms with E-state index in [0.29, 0.717) is 6.04 Å². The van der Waals surface area contributed by atoms with Gasteiger partial charge in [-0.15, -0.1) is 11.3 Å². The summed E-state index contributed by atoms with van der Waals surface area (Å²) in [6, 6.07) is 0.686. The molecular weight excluding hydrogens is 256 g/mol. The van der Waals surface area contributed by atoms with E-state index in [-0.39, 0.29) is 0 Å². The molecule has 1 unspecified atom stereocenters. The van der Waals surface area contributed by atoms with E-state index in [2.05, 4.69) is 44.3 Å². The molecule has 0 bridgehead atoms. The van der Waals surface area contributed by atoms with Crippen molar-refractivity contribution >= 4 is 16.3 Å². The van der Waals surface area contributed by atoms with E-state index in [1.54, 1.807) is 11.3 Å². The van der Waals surface area contributed by atoms with Crippen molar-refractivity contribution in [3.63, 3.8) is 0 Å². The van der Waals surface area contributed by atoms with Gasteiger partial charge in [-0.25, -0.2) is 4.98 Å². The number of aromatic nitrogens is 2. The molecule has 1 aliphatic rings. The van der Waals surface area contributed by atoms with E-state index in [1.807, 2.05) is 0 Å². The quantitative estimate of drug-likeness (QED) is 0.823. The number of fused-ring (bicyclic) bond motifs is 1. The highest BCUT2D eigenvalue weighted by Crippen LogP contribution is 2.20. The molecule has 4 nitrogen and oxygen atoms in total. The van der Waals surface area contributed by atoms with Gasteiger partial charge in [-0.2, -0.15) is 0 Å². The van der Waals surface area contributed by atoms with Gasteiger partial charge in [0.1, 0.15) is 0 Å². The van der Waals surface area contributed by atoms with E-state index in [9.17, 15) is 0 Å². The van der Waals surface area contributed by atoms with Crippen LogP contribution in [0, 0.1) is 0 Å². The van der Waals surface area contributed by atoms with Crippen molar-refractivity contribution in [3.05, 3.63) is 23.5 Å². The number of nitrogens with one attached hydrogen (secondary N) is 1. The normalized spacial score (nSPS) is 20.6. The van der Waals surface area contributed by atoms with Crippen LogP contribution >= 0.6 is 11.3 Å². The van der Waals surface area contributed by atoms with E-state index < -0.39 is 0 Å². The summed E-state index contributed by atoms with van der Waals surface area (Å²) in [5.74, 6) is 0. The average Bonchev–Trinajstić information content (AvgIpc) is 3.06. The molecule has 1 aliphatic heterocycles. The number of imidazole rings is 1. The van der Waals surface area contributed by atoms with E-state index in [1.165, 1.54) is 31.5 Å². The van der Waals surface area contributed by atoms with Crippen molar-refractivity contribution in [3.8, 4) is 0 Å². The second kappa shape index (κ2) is 6.03. The second-order valence-electron chi connectivity index (χ2n) is 5.30. The Balaban J connectivity index is 1.60. The minimum Gasteiger partial charge on any atom is -0.315 e. The third-order valence-electron chi connectivity index (χ3n) is 3.81. The van der Waals surface area contributed by atoms with E-state index in [4.69, 9.17) is 0 Å². The molecule has 0 saturated carbocycles. The Morgan fingerprint density at radius 3 is 3.32 bits per heavy atom. The number of nitrogens with zero attached hydrogens (tertiary/aromatic N) is 3. The van der Waals surface area contributed by atoms with Crippen LogP contribution in [0.3, 0.4) is 0 Å². The molecule has 2 aromatic rings. The first kappa shape index (κ1) is 13.1. The largest absolute Gasteiger partial charge is 0.315 e. The molecule has 5 heteroatoms. The summed E-state index contributed by atoms with van der Waals surface area (Å²) in [7, 11) is 0. The lowest BCUT2D eigenvalue weighted by molar-refractivity contribution is 0.237. The predicted molar refractivity (Wildman–Crippen MR) is 79.7 cm³/mol. The molecule has 1 fully saturated rings. The van der Waals surface area contributed by atoms with Gasteiger partial charge in [0.25, 0.3) is 0 Å². The summed E-state index contributed by atoms with van der Waals surface area (Å²) in [5, 5.41) is 5.63. The minimum absolute atomic E-state index is 0.686. The smallest absolute Gasteiger partial charge is 0.193 e. The van der Waals surface area contributed by atoms with E-state index >= 15 is 0 Å². The maximum atomic E-state index is 4.69. The Labute approximate surface area is 118 Å². The Morgan fingerprint density at radius 1 is 1.53 bits per heavy atom. The highest BCUT2D eigenvalue weighted by atomic mass is 32.1. The molecule has 2 aromatic heterocycles. The number of rotatable bonds is 6. The number of thiazole rings is 1. The zero-order valence-electron chi connectivity index (χ0n) is 11.5. The molecular formula is C14H22N4S. The summed E-state index contributed by atoms with van der Waals surface area (Å²) >= 11 is 1.70. The topological polar surface area (TPSA) is 32.6 Å². The predicted octanol–water partition coefficient (Wildman–Crippen LogP) is 2.36. The fourth-order valence-electron chi connectivity index (χ4n) is 2.84. The zero-order valence-corrected chi connectivity index (χ0v) is 12.3. The van der Waals surface area contributed by atoms with Gasteiger partial charge in [-0.1, -0.05) is 6.92 Å². The molecule has 3 heterocycles. The Kier molecular flexibility index (Phi) is 4.15. The molecule has 3 rings (SSSR count). The van der Waals surface area contributed by atoms with Crippen molar-refractivity contribution in [2.24, 2.45) is 0 Å². The molecule has 0 spiro atoms. The third kappa shape index (κ3) is 2.99. The van der Waals surface area contributed by atoms with Gasteiger partial charge in [0.2, 0.25) is 0 Å². The van der Waals surface area contributed by atoms with Gasteiger partial charge >= 0.3 is 0 Å². The summed E-state index contributed by atoms with van der Waals surface area (Å²) in [5.41, 5.74) is 1.20. The summed E-state index contributed by atoms with van der Waals surface area (Å²) in [6.07, 6.45) is 8.10. The molecule has 1 N–H and O–H groups in total. The highest BCUT2D eigenvalue weighted by Gasteiger charge is 2.24. The van der Waals surface area contributed by atoms with Crippen LogP contribution in [-0.2, 0) is 6.54 Å². The van der Waals surface area contributed by atoms with Crippen molar-refractivity contribution in [1.29, 1.82) is 0 Å². The van der Waals surface area contributed by atoms with Crippen LogP contribution in [-0.4, -0.2) is 40.0 Å². The molecule has 19 heavy (non-hydrogen) atoms. The number of likely N-dealkylation sites (tertiary alicyclic amines) is 1. The lowest BCUT2D eigenvalue weighted by Gasteiger charge is -2.23. The lowest BCUT2D eigenvalue weighted by Crippen LogP contribution is -2.37. The first-order chi connectivity index (χ1) is 9.36.